The van der Waals surface area contributed by atoms with Crippen molar-refractivity contribution in [3.8, 4) is 0 Å². The van der Waals surface area contributed by atoms with Crippen molar-refractivity contribution < 1.29 is 0 Å². The van der Waals surface area contributed by atoms with Gasteiger partial charge in [-0.2, -0.15) is 0 Å². The zero-order chi connectivity index (χ0) is 11.4. The van der Waals surface area contributed by atoms with E-state index < -0.39 is 0 Å². The van der Waals surface area contributed by atoms with Crippen LogP contribution in [0.5, 0.6) is 0 Å². The molecule has 0 bridgehead atoms. The Morgan fingerprint density at radius 1 is 1.00 bits per heavy atom. The van der Waals surface area contributed by atoms with Crippen molar-refractivity contribution in [1.29, 1.82) is 0 Å². The number of rotatable bonds is 0. The summed E-state index contributed by atoms with van der Waals surface area (Å²) in [5.41, 5.74) is 0.189. The van der Waals surface area contributed by atoms with Crippen LogP contribution in [0.1, 0.15) is 34.1 Å². The van der Waals surface area contributed by atoms with E-state index in [2.05, 4.69) is 38.3 Å². The normalized spacial score (nSPS) is 28.0. The molecule has 1 saturated heterocycles. The van der Waals surface area contributed by atoms with Gasteiger partial charge in [0.15, 0.2) is 0 Å². The lowest BCUT2D eigenvalue weighted by molar-refractivity contribution is 0.317. The third kappa shape index (κ3) is 4.17. The van der Waals surface area contributed by atoms with Crippen LogP contribution in [0.3, 0.4) is 0 Å². The Kier molecular flexibility index (Phi) is 5.29. The van der Waals surface area contributed by atoms with E-state index in [9.17, 15) is 0 Å². The van der Waals surface area contributed by atoms with Gasteiger partial charge >= 0.3 is 0 Å². The highest BCUT2D eigenvalue weighted by Crippen LogP contribution is 2.42. The summed E-state index contributed by atoms with van der Waals surface area (Å²) in [5.74, 6) is 1.20. The predicted molar refractivity (Wildman–Crippen MR) is 73.7 cm³/mol. The minimum atomic E-state index is 0.189. The smallest absolute Gasteiger partial charge is 0.0383 e. The fraction of sp³-hybridized carbons (Fsp3) is 1.00. The van der Waals surface area contributed by atoms with Gasteiger partial charge < -0.3 is 10.6 Å². The third-order valence-corrected chi connectivity index (χ3v) is 6.75. The summed E-state index contributed by atoms with van der Waals surface area (Å²) in [6, 6.07) is 0. The van der Waals surface area contributed by atoms with Crippen LogP contribution in [0.4, 0.5) is 0 Å². The standard InChI is InChI=1S/C11H24N2S2/c1-10(2)11(3,4)15-14-9-8-12-6-5-7-13-10/h12-13H,5-9H2,1-4H3. The summed E-state index contributed by atoms with van der Waals surface area (Å²) in [7, 11) is 3.99. The van der Waals surface area contributed by atoms with Gasteiger partial charge in [-0.15, -0.1) is 0 Å². The topological polar surface area (TPSA) is 24.1 Å². The first-order valence-electron chi connectivity index (χ1n) is 5.72. The van der Waals surface area contributed by atoms with Crippen LogP contribution in [0.15, 0.2) is 0 Å². The molecular formula is C11H24N2S2. The summed E-state index contributed by atoms with van der Waals surface area (Å²) >= 11 is 0. The maximum absolute atomic E-state index is 3.67. The highest BCUT2D eigenvalue weighted by molar-refractivity contribution is 8.77. The van der Waals surface area contributed by atoms with Gasteiger partial charge in [-0.25, -0.2) is 0 Å². The van der Waals surface area contributed by atoms with Crippen LogP contribution >= 0.6 is 21.6 Å². The van der Waals surface area contributed by atoms with Gasteiger partial charge in [0.25, 0.3) is 0 Å². The predicted octanol–water partition coefficient (Wildman–Crippen LogP) is 2.51. The Bertz CT molecular complexity index is 173. The largest absolute Gasteiger partial charge is 0.316 e. The van der Waals surface area contributed by atoms with Crippen LogP contribution in [-0.4, -0.2) is 35.7 Å². The van der Waals surface area contributed by atoms with E-state index in [1.807, 2.05) is 21.6 Å². The maximum atomic E-state index is 3.67. The van der Waals surface area contributed by atoms with E-state index in [-0.39, 0.29) is 10.3 Å². The molecule has 1 aliphatic heterocycles. The van der Waals surface area contributed by atoms with E-state index >= 15 is 0 Å². The summed E-state index contributed by atoms with van der Waals surface area (Å²) < 4.78 is 0.266. The van der Waals surface area contributed by atoms with Crippen molar-refractivity contribution in [3.05, 3.63) is 0 Å². The molecule has 0 aromatic rings. The third-order valence-electron chi connectivity index (χ3n) is 3.23. The first-order chi connectivity index (χ1) is 6.96. The molecule has 0 unspecified atom stereocenters. The molecule has 1 aliphatic rings. The monoisotopic (exact) mass is 248 g/mol. The molecule has 0 aromatic heterocycles. The van der Waals surface area contributed by atoms with E-state index in [0.717, 1.165) is 19.6 Å². The Balaban J connectivity index is 2.59. The molecule has 4 heteroatoms. The molecule has 0 aromatic carbocycles. The van der Waals surface area contributed by atoms with Crippen molar-refractivity contribution in [1.82, 2.24) is 10.6 Å². The second-order valence-electron chi connectivity index (χ2n) is 5.07. The molecule has 0 radical (unpaired) electrons. The van der Waals surface area contributed by atoms with Crippen molar-refractivity contribution in [3.63, 3.8) is 0 Å². The fourth-order valence-electron chi connectivity index (χ4n) is 1.36. The fourth-order valence-corrected chi connectivity index (χ4v) is 4.25. The molecule has 0 amide bonds. The number of hydrogen-bond donors (Lipinski definition) is 2. The van der Waals surface area contributed by atoms with Crippen LogP contribution in [-0.2, 0) is 0 Å². The minimum absolute atomic E-state index is 0.189. The summed E-state index contributed by atoms with van der Waals surface area (Å²) in [6.07, 6.45) is 1.22. The Labute approximate surface area is 102 Å². The maximum Gasteiger partial charge on any atom is 0.0383 e. The quantitative estimate of drug-likeness (QED) is 0.643. The van der Waals surface area contributed by atoms with Crippen LogP contribution in [0.25, 0.3) is 0 Å². The highest BCUT2D eigenvalue weighted by Gasteiger charge is 2.37. The Morgan fingerprint density at radius 3 is 2.47 bits per heavy atom. The molecule has 0 saturated carbocycles. The van der Waals surface area contributed by atoms with Gasteiger partial charge in [0, 0.05) is 22.6 Å². The minimum Gasteiger partial charge on any atom is -0.316 e. The Hall–Kier alpha value is 0.620. The molecule has 0 spiro atoms. The Morgan fingerprint density at radius 2 is 1.73 bits per heavy atom. The van der Waals surface area contributed by atoms with E-state index in [0.29, 0.717) is 0 Å². The first-order valence-corrected chi connectivity index (χ1v) is 8.04. The van der Waals surface area contributed by atoms with Crippen molar-refractivity contribution in [2.24, 2.45) is 0 Å². The molecule has 2 N–H and O–H groups in total. The molecule has 1 fully saturated rings. The van der Waals surface area contributed by atoms with Crippen LogP contribution in [0.2, 0.25) is 0 Å². The lowest BCUT2D eigenvalue weighted by Gasteiger charge is -2.41. The van der Waals surface area contributed by atoms with Gasteiger partial charge in [-0.05, 0) is 47.2 Å². The molecule has 1 rings (SSSR count). The van der Waals surface area contributed by atoms with Crippen LogP contribution < -0.4 is 10.6 Å². The zero-order valence-corrected chi connectivity index (χ0v) is 12.0. The second kappa shape index (κ2) is 5.80. The van der Waals surface area contributed by atoms with Crippen molar-refractivity contribution in [2.75, 3.05) is 25.4 Å². The van der Waals surface area contributed by atoms with E-state index in [1.165, 1.54) is 12.2 Å². The average molecular weight is 248 g/mol. The summed E-state index contributed by atoms with van der Waals surface area (Å²) in [5, 5.41) is 7.14. The SMILES string of the molecule is CC1(C)NCCCNCCSSC1(C)C. The molecule has 1 heterocycles. The summed E-state index contributed by atoms with van der Waals surface area (Å²) in [6.45, 7) is 12.7. The molecule has 15 heavy (non-hydrogen) atoms. The van der Waals surface area contributed by atoms with Gasteiger partial charge in [0.1, 0.15) is 0 Å². The van der Waals surface area contributed by atoms with E-state index in [4.69, 9.17) is 0 Å². The van der Waals surface area contributed by atoms with Gasteiger partial charge in [-0.1, -0.05) is 21.6 Å². The molecular weight excluding hydrogens is 224 g/mol. The average Bonchev–Trinajstić information content (AvgIpc) is 2.15. The molecule has 90 valence electrons. The van der Waals surface area contributed by atoms with Crippen molar-refractivity contribution in [2.45, 2.75) is 44.4 Å². The summed E-state index contributed by atoms with van der Waals surface area (Å²) in [4.78, 5) is 0. The molecule has 2 nitrogen and oxygen atoms in total. The van der Waals surface area contributed by atoms with Gasteiger partial charge in [-0.3, -0.25) is 0 Å². The molecule has 0 atom stereocenters. The van der Waals surface area contributed by atoms with Gasteiger partial charge in [0.05, 0.1) is 0 Å². The lowest BCUT2D eigenvalue weighted by atomic mass is 9.89. The lowest BCUT2D eigenvalue weighted by Crippen LogP contribution is -2.54. The highest BCUT2D eigenvalue weighted by atomic mass is 33.1. The van der Waals surface area contributed by atoms with Crippen LogP contribution in [0, 0.1) is 0 Å². The number of nitrogens with one attached hydrogen (secondary N) is 2. The van der Waals surface area contributed by atoms with Gasteiger partial charge in [0.2, 0.25) is 0 Å². The van der Waals surface area contributed by atoms with E-state index in [1.54, 1.807) is 0 Å². The van der Waals surface area contributed by atoms with Crippen molar-refractivity contribution >= 4 is 21.6 Å². The first kappa shape index (κ1) is 13.7. The number of hydrogen-bond acceptors (Lipinski definition) is 4. The second-order valence-corrected chi connectivity index (χ2v) is 8.11. The zero-order valence-electron chi connectivity index (χ0n) is 10.4. The molecule has 0 aliphatic carbocycles.